The molecule has 1 aromatic heterocycles. The fourth-order valence-corrected chi connectivity index (χ4v) is 5.34. The zero-order chi connectivity index (χ0) is 21.6. The number of aliphatic hydroxyl groups is 1. The van der Waals surface area contributed by atoms with E-state index in [1.54, 1.807) is 7.05 Å². The number of carbonyl (C=O) groups is 2. The third kappa shape index (κ3) is 3.70. The van der Waals surface area contributed by atoms with Gasteiger partial charge in [-0.1, -0.05) is 11.6 Å². The molecular weight excluding hydrogens is 411 g/mol. The molecule has 7 nitrogen and oxygen atoms in total. The third-order valence-corrected chi connectivity index (χ3v) is 6.79. The molecule has 2 aliphatic rings. The van der Waals surface area contributed by atoms with Crippen LogP contribution in [0.1, 0.15) is 54.1 Å². The second-order valence-corrected chi connectivity index (χ2v) is 8.95. The van der Waals surface area contributed by atoms with Crippen LogP contribution in [0.4, 0.5) is 15.9 Å². The molecule has 2 atom stereocenters. The number of nitrogen functional groups attached to an aromatic ring is 1. The van der Waals surface area contributed by atoms with E-state index in [9.17, 15) is 19.1 Å². The minimum absolute atomic E-state index is 0.0434. The number of hydrogen-bond donors (Lipinski definition) is 3. The van der Waals surface area contributed by atoms with Crippen LogP contribution in [-0.2, 0) is 11.8 Å². The molecule has 2 unspecified atom stereocenters. The lowest BCUT2D eigenvalue weighted by molar-refractivity contribution is -0.112. The maximum atomic E-state index is 13.4. The highest BCUT2D eigenvalue weighted by Gasteiger charge is 2.49. The van der Waals surface area contributed by atoms with Crippen molar-refractivity contribution in [1.29, 1.82) is 0 Å². The summed E-state index contributed by atoms with van der Waals surface area (Å²) in [5.74, 6) is -0.117. The number of hydrogen-bond acceptors (Lipinski definition) is 5. The number of aryl methyl sites for hydroxylation is 1. The monoisotopic (exact) mass is 434 g/mol. The molecule has 30 heavy (non-hydrogen) atoms. The van der Waals surface area contributed by atoms with Crippen LogP contribution in [0.25, 0.3) is 0 Å². The Morgan fingerprint density at radius 3 is 2.70 bits per heavy atom. The quantitative estimate of drug-likeness (QED) is 0.625. The normalized spacial score (nSPS) is 27.8. The Labute approximate surface area is 178 Å². The number of nitrogens with two attached hydrogens (primary N) is 1. The van der Waals surface area contributed by atoms with Crippen LogP contribution in [0.15, 0.2) is 18.2 Å². The van der Waals surface area contributed by atoms with Crippen molar-refractivity contribution in [2.45, 2.75) is 43.6 Å². The van der Waals surface area contributed by atoms with E-state index >= 15 is 0 Å². The summed E-state index contributed by atoms with van der Waals surface area (Å²) in [5.41, 5.74) is 6.55. The van der Waals surface area contributed by atoms with Crippen molar-refractivity contribution in [2.24, 2.45) is 18.9 Å². The first kappa shape index (κ1) is 20.8. The maximum Gasteiger partial charge on any atom is 0.261 e. The summed E-state index contributed by atoms with van der Waals surface area (Å²) in [6, 6.07) is 3.96. The molecular formula is C21H24ClFN4O3. The minimum Gasteiger partial charge on any atom is -0.389 e. The van der Waals surface area contributed by atoms with Crippen LogP contribution in [0.3, 0.4) is 0 Å². The summed E-state index contributed by atoms with van der Waals surface area (Å²) in [6.07, 6.45) is 3.68. The zero-order valence-electron chi connectivity index (χ0n) is 16.6. The Kier molecular flexibility index (Phi) is 5.32. The Hall–Kier alpha value is -2.45. The zero-order valence-corrected chi connectivity index (χ0v) is 17.3. The van der Waals surface area contributed by atoms with E-state index in [1.807, 2.05) is 0 Å². The average molecular weight is 435 g/mol. The van der Waals surface area contributed by atoms with E-state index in [1.165, 1.54) is 22.9 Å². The van der Waals surface area contributed by atoms with Gasteiger partial charge in [-0.15, -0.1) is 0 Å². The number of amides is 1. The Bertz CT molecular complexity index is 994. The highest BCUT2D eigenvalue weighted by atomic mass is 35.5. The van der Waals surface area contributed by atoms with Gasteiger partial charge in [0.05, 0.1) is 16.3 Å². The van der Waals surface area contributed by atoms with Crippen LogP contribution >= 0.6 is 11.6 Å². The molecule has 2 fully saturated rings. The fraction of sp³-hybridized carbons (Fsp3) is 0.476. The van der Waals surface area contributed by atoms with Crippen molar-refractivity contribution in [3.63, 3.8) is 0 Å². The number of nitrogens with zero attached hydrogens (tertiary/aromatic N) is 2. The highest BCUT2D eigenvalue weighted by molar-refractivity contribution is 6.31. The van der Waals surface area contributed by atoms with Gasteiger partial charge in [-0.25, -0.2) is 4.39 Å². The number of carbonyl (C=O) groups excluding carboxylic acids is 2. The summed E-state index contributed by atoms with van der Waals surface area (Å²) in [5, 5.41) is 17.7. The molecule has 1 aromatic carbocycles. The summed E-state index contributed by atoms with van der Waals surface area (Å²) in [7, 11) is 1.68. The smallest absolute Gasteiger partial charge is 0.261 e. The SMILES string of the molecule is Cn1nc(C2CC3CC(O)(CC=O)CC3C2)c(C(=O)Nc2ccc(F)c(Cl)c2)c1N. The van der Waals surface area contributed by atoms with E-state index in [0.717, 1.165) is 19.1 Å². The number of fused-ring (bicyclic) bond motifs is 1. The van der Waals surface area contributed by atoms with Crippen molar-refractivity contribution >= 4 is 35.3 Å². The predicted octanol–water partition coefficient (Wildman–Crippen LogP) is 3.27. The van der Waals surface area contributed by atoms with Crippen molar-refractivity contribution in [1.82, 2.24) is 9.78 Å². The summed E-state index contributed by atoms with van der Waals surface area (Å²) in [4.78, 5) is 23.9. The molecule has 0 spiro atoms. The predicted molar refractivity (Wildman–Crippen MR) is 111 cm³/mol. The molecule has 4 N–H and O–H groups in total. The van der Waals surface area contributed by atoms with E-state index in [0.29, 0.717) is 29.8 Å². The highest BCUT2D eigenvalue weighted by Crippen LogP contribution is 2.54. The number of rotatable bonds is 5. The van der Waals surface area contributed by atoms with Gasteiger partial charge in [0, 0.05) is 25.1 Å². The van der Waals surface area contributed by atoms with Gasteiger partial charge in [-0.05, 0) is 55.7 Å². The first-order chi connectivity index (χ1) is 14.2. The molecule has 9 heteroatoms. The molecule has 1 amide bonds. The molecule has 0 saturated heterocycles. The molecule has 0 aliphatic heterocycles. The standard InChI is InChI=1S/C21H24ClFN4O3/c1-27-19(24)17(20(29)25-14-2-3-16(23)15(22)8-14)18(26-27)11-6-12-9-21(30,4-5-28)10-13(12)7-11/h2-3,5,8,11-13,30H,4,6-7,9-10,24H2,1H3,(H,25,29). The molecule has 0 radical (unpaired) electrons. The van der Waals surface area contributed by atoms with Crippen LogP contribution in [-0.4, -0.2) is 32.7 Å². The number of anilines is 2. The van der Waals surface area contributed by atoms with E-state index in [4.69, 9.17) is 17.3 Å². The number of aldehydes is 1. The second kappa shape index (κ2) is 7.67. The van der Waals surface area contributed by atoms with Gasteiger partial charge in [0.15, 0.2) is 0 Å². The molecule has 2 saturated carbocycles. The van der Waals surface area contributed by atoms with Gasteiger partial charge in [0.1, 0.15) is 23.5 Å². The van der Waals surface area contributed by atoms with Gasteiger partial charge < -0.3 is 21.0 Å². The number of aromatic nitrogens is 2. The Balaban J connectivity index is 1.55. The lowest BCUT2D eigenvalue weighted by atomic mass is 9.90. The Morgan fingerprint density at radius 2 is 2.10 bits per heavy atom. The van der Waals surface area contributed by atoms with E-state index in [2.05, 4.69) is 10.4 Å². The molecule has 1 heterocycles. The van der Waals surface area contributed by atoms with Crippen LogP contribution in [0, 0.1) is 17.7 Å². The number of nitrogens with one attached hydrogen (secondary N) is 1. The van der Waals surface area contributed by atoms with Crippen molar-refractivity contribution < 1.29 is 19.1 Å². The fourth-order valence-electron chi connectivity index (χ4n) is 5.16. The van der Waals surface area contributed by atoms with Crippen molar-refractivity contribution in [2.75, 3.05) is 11.1 Å². The first-order valence-corrected chi connectivity index (χ1v) is 10.3. The summed E-state index contributed by atoms with van der Waals surface area (Å²) >= 11 is 5.80. The van der Waals surface area contributed by atoms with Gasteiger partial charge in [0.2, 0.25) is 0 Å². The average Bonchev–Trinajstić information content (AvgIpc) is 3.28. The summed E-state index contributed by atoms with van der Waals surface area (Å²) < 4.78 is 14.9. The molecule has 2 aliphatic carbocycles. The van der Waals surface area contributed by atoms with Crippen LogP contribution in [0.2, 0.25) is 5.02 Å². The molecule has 4 rings (SSSR count). The lowest BCUT2D eigenvalue weighted by Crippen LogP contribution is -2.26. The number of halogens is 2. The van der Waals surface area contributed by atoms with Crippen LogP contribution in [0.5, 0.6) is 0 Å². The molecule has 160 valence electrons. The van der Waals surface area contributed by atoms with Gasteiger partial charge in [-0.3, -0.25) is 9.48 Å². The third-order valence-electron chi connectivity index (χ3n) is 6.50. The minimum atomic E-state index is -0.909. The van der Waals surface area contributed by atoms with E-state index < -0.39 is 17.3 Å². The lowest BCUT2D eigenvalue weighted by Gasteiger charge is -2.22. The second-order valence-electron chi connectivity index (χ2n) is 8.54. The summed E-state index contributed by atoms with van der Waals surface area (Å²) in [6.45, 7) is 0. The topological polar surface area (TPSA) is 110 Å². The van der Waals surface area contributed by atoms with Crippen molar-refractivity contribution in [3.8, 4) is 0 Å². The van der Waals surface area contributed by atoms with Crippen molar-refractivity contribution in [3.05, 3.63) is 40.3 Å². The first-order valence-electron chi connectivity index (χ1n) is 9.95. The van der Waals surface area contributed by atoms with Gasteiger partial charge >= 0.3 is 0 Å². The molecule has 2 aromatic rings. The van der Waals surface area contributed by atoms with Gasteiger partial charge in [0.25, 0.3) is 5.91 Å². The Morgan fingerprint density at radius 1 is 1.43 bits per heavy atom. The maximum absolute atomic E-state index is 13.4. The number of benzene rings is 1. The van der Waals surface area contributed by atoms with Crippen LogP contribution < -0.4 is 11.1 Å². The van der Waals surface area contributed by atoms with E-state index in [-0.39, 0.29) is 35.0 Å². The molecule has 0 bridgehead atoms. The van der Waals surface area contributed by atoms with Gasteiger partial charge in [-0.2, -0.15) is 5.10 Å². The largest absolute Gasteiger partial charge is 0.389 e.